The average Bonchev–Trinajstić information content (AvgIpc) is 0.942. The third-order valence-electron chi connectivity index (χ3n) is 26.1. The van der Waals surface area contributed by atoms with Gasteiger partial charge in [-0.1, -0.05) is 77.1 Å². The van der Waals surface area contributed by atoms with Crippen molar-refractivity contribution in [1.29, 1.82) is 0 Å². The zero-order valence-electron chi connectivity index (χ0n) is 66.4. The van der Waals surface area contributed by atoms with E-state index in [1.54, 1.807) is 33.0 Å². The fraction of sp³-hybridized carbons (Fsp3) is 0.802. The molecule has 7 aliphatic carbocycles. The predicted molar refractivity (Wildman–Crippen MR) is 415 cm³/mol. The van der Waals surface area contributed by atoms with Crippen LogP contribution in [0.2, 0.25) is 0 Å². The van der Waals surface area contributed by atoms with Crippen molar-refractivity contribution in [2.75, 3.05) is 183 Å². The molecule has 0 radical (unpaired) electrons. The molecule has 4 N–H and O–H groups in total. The normalized spacial score (nSPS) is 34.1. The van der Waals surface area contributed by atoms with Crippen molar-refractivity contribution < 1.29 is 28.5 Å². The van der Waals surface area contributed by atoms with Crippen LogP contribution in [0.5, 0.6) is 11.5 Å². The van der Waals surface area contributed by atoms with Crippen LogP contribution in [0.15, 0.2) is 54.6 Å². The topological polar surface area (TPSA) is 145 Å². The number of fused-ring (bicyclic) bond motifs is 13. The number of piperazine rings is 2. The van der Waals surface area contributed by atoms with Crippen LogP contribution in [0.3, 0.4) is 0 Å². The molecule has 10 heterocycles. The van der Waals surface area contributed by atoms with Gasteiger partial charge in [-0.05, 0) is 237 Å². The summed E-state index contributed by atoms with van der Waals surface area (Å²) in [6, 6.07) is 21.0. The Hall–Kier alpha value is -3.41. The van der Waals surface area contributed by atoms with E-state index in [1.165, 1.54) is 119 Å². The summed E-state index contributed by atoms with van der Waals surface area (Å²) < 4.78 is 20.6. The highest BCUT2D eigenvalue weighted by Crippen LogP contribution is 2.67. The van der Waals surface area contributed by atoms with Crippen LogP contribution in [0.4, 0.5) is 0 Å². The molecule has 15 fully saturated rings. The molecular formula is C81H142N12O6S. The SMILES string of the molecule is CC(=O)N1C[C@@H]2C[C@H]1CN2C.CCOC(=O)CN(C)C.CN1CC2CC1CN2.CN1CC2CC1CO2.CN1CC2CC1CS2.CN1CC=CC1.CNC1C[C@@H]1c1ccccc1.CNCC1CC[C@H]2C[C@@H]1C2(C)C.CN[C@H]1CC2C[C@@](C)(C1)C2(C)C.COc1cc2c(cc1OC)CN(C)CC2. The summed E-state index contributed by atoms with van der Waals surface area (Å²) in [4.78, 5) is 39.7. The molecule has 19 rings (SSSR count). The van der Waals surface area contributed by atoms with Gasteiger partial charge < -0.3 is 59.8 Å². The summed E-state index contributed by atoms with van der Waals surface area (Å²) >= 11 is 2.15. The number of hydrogen-bond acceptors (Lipinski definition) is 18. The fourth-order valence-corrected chi connectivity index (χ4v) is 20.3. The summed E-state index contributed by atoms with van der Waals surface area (Å²) in [6.07, 6.45) is 21.4. The van der Waals surface area contributed by atoms with E-state index in [0.29, 0.717) is 47.6 Å². The lowest BCUT2D eigenvalue weighted by molar-refractivity contribution is -0.157. The monoisotopic (exact) mass is 1410 g/mol. The lowest BCUT2D eigenvalue weighted by atomic mass is 9.40. The zero-order chi connectivity index (χ0) is 72.6. The predicted octanol–water partition coefficient (Wildman–Crippen LogP) is 9.23. The number of thioether (sulfide) groups is 1. The van der Waals surface area contributed by atoms with E-state index < -0.39 is 0 Å². The Morgan fingerprint density at radius 1 is 0.710 bits per heavy atom. The first-order valence-corrected chi connectivity index (χ1v) is 39.8. The van der Waals surface area contributed by atoms with Gasteiger partial charge in [0, 0.05) is 138 Å². The molecule has 16 atom stereocenters. The Morgan fingerprint density at radius 2 is 1.39 bits per heavy atom. The number of ether oxygens (including phenoxy) is 4. The van der Waals surface area contributed by atoms with Crippen LogP contribution >= 0.6 is 11.8 Å². The van der Waals surface area contributed by atoms with Gasteiger partial charge in [-0.2, -0.15) is 11.8 Å². The van der Waals surface area contributed by atoms with Crippen molar-refractivity contribution in [2.24, 2.45) is 39.9 Å². The highest BCUT2D eigenvalue weighted by atomic mass is 32.2. The fourth-order valence-electron chi connectivity index (χ4n) is 18.7. The minimum absolute atomic E-state index is 0.164. The van der Waals surface area contributed by atoms with Crippen LogP contribution in [-0.2, 0) is 32.0 Å². The van der Waals surface area contributed by atoms with Crippen LogP contribution in [0.25, 0.3) is 0 Å². The van der Waals surface area contributed by atoms with E-state index in [4.69, 9.17) is 14.2 Å². The molecule has 10 aliphatic heterocycles. The second kappa shape index (κ2) is 38.2. The molecule has 7 saturated carbocycles. The quantitative estimate of drug-likeness (QED) is 0.132. The number of nitrogens with one attached hydrogen (secondary N) is 4. The number of benzene rings is 2. The molecular weight excluding hydrogens is 1270 g/mol. The molecule has 17 aliphatic rings. The number of morpholine rings is 1. The smallest absolute Gasteiger partial charge is 0.320 e. The molecule has 100 heavy (non-hydrogen) atoms. The van der Waals surface area contributed by atoms with Crippen LogP contribution in [-0.4, -0.2) is 293 Å². The van der Waals surface area contributed by atoms with Crippen LogP contribution in [0.1, 0.15) is 142 Å². The van der Waals surface area contributed by atoms with E-state index in [-0.39, 0.29) is 11.9 Å². The van der Waals surface area contributed by atoms with Gasteiger partial charge in [0.15, 0.2) is 11.5 Å². The molecule has 1 amide bonds. The Kier molecular flexibility index (Phi) is 31.4. The molecule has 12 bridgehead atoms. The summed E-state index contributed by atoms with van der Waals surface area (Å²) in [5.74, 6) is 7.92. The van der Waals surface area contributed by atoms with Crippen molar-refractivity contribution in [3.8, 4) is 11.5 Å². The number of likely N-dealkylation sites (N-methyl/N-ethyl adjacent to an activating group) is 7. The van der Waals surface area contributed by atoms with E-state index in [1.807, 2.05) is 26.0 Å². The second-order valence-electron chi connectivity index (χ2n) is 33.9. The summed E-state index contributed by atoms with van der Waals surface area (Å²) in [6.45, 7) is 30.2. The second-order valence-corrected chi connectivity index (χ2v) is 35.2. The van der Waals surface area contributed by atoms with E-state index in [2.05, 4.69) is 213 Å². The number of hydrogen-bond donors (Lipinski definition) is 4. The maximum Gasteiger partial charge on any atom is 0.320 e. The van der Waals surface area contributed by atoms with Gasteiger partial charge in [0.25, 0.3) is 0 Å². The Bertz CT molecular complexity index is 2750. The van der Waals surface area contributed by atoms with Crippen LogP contribution < -0.4 is 30.7 Å². The van der Waals surface area contributed by atoms with Gasteiger partial charge >= 0.3 is 5.97 Å². The minimum atomic E-state index is -0.164. The van der Waals surface area contributed by atoms with Crippen molar-refractivity contribution in [3.05, 3.63) is 71.3 Å². The third kappa shape index (κ3) is 22.1. The van der Waals surface area contributed by atoms with E-state index in [0.717, 1.165) is 141 Å². The van der Waals surface area contributed by atoms with Crippen molar-refractivity contribution >= 4 is 23.6 Å². The molecule has 0 spiro atoms. The molecule has 568 valence electrons. The molecule has 18 nitrogen and oxygen atoms in total. The lowest BCUT2D eigenvalue weighted by Crippen LogP contribution is -2.61. The summed E-state index contributed by atoms with van der Waals surface area (Å²) in [5.41, 5.74) is 6.11. The number of methoxy groups -OCH3 is 2. The number of carbonyl (C=O) groups is 2. The highest BCUT2D eigenvalue weighted by Gasteiger charge is 2.60. The number of carbonyl (C=O) groups excluding carboxylic acids is 2. The van der Waals surface area contributed by atoms with Crippen molar-refractivity contribution in [3.63, 3.8) is 0 Å². The maximum absolute atomic E-state index is 11.0. The van der Waals surface area contributed by atoms with Gasteiger partial charge in [0.2, 0.25) is 5.91 Å². The summed E-state index contributed by atoms with van der Waals surface area (Å²) in [7, 11) is 26.3. The molecule has 9 unspecified atom stereocenters. The number of amides is 1. The van der Waals surface area contributed by atoms with Gasteiger partial charge in [0.1, 0.15) is 0 Å². The van der Waals surface area contributed by atoms with Gasteiger partial charge in [-0.25, -0.2) is 0 Å². The first-order valence-electron chi connectivity index (χ1n) is 38.8. The first-order chi connectivity index (χ1) is 47.6. The number of rotatable bonds is 10. The first kappa shape index (κ1) is 82.2. The molecule has 2 aromatic carbocycles. The molecule has 8 saturated heterocycles. The highest BCUT2D eigenvalue weighted by molar-refractivity contribution is 8.00. The molecule has 0 aromatic heterocycles. The number of esters is 1. The van der Waals surface area contributed by atoms with E-state index in [9.17, 15) is 9.59 Å². The van der Waals surface area contributed by atoms with E-state index >= 15 is 0 Å². The maximum atomic E-state index is 11.0. The minimum Gasteiger partial charge on any atom is -0.493 e. The van der Waals surface area contributed by atoms with Gasteiger partial charge in [-0.3, -0.25) is 29.2 Å². The number of nitrogens with zero attached hydrogens (tertiary/aromatic N) is 8. The van der Waals surface area contributed by atoms with Crippen LogP contribution in [0, 0.1) is 39.9 Å². The van der Waals surface area contributed by atoms with Crippen molar-refractivity contribution in [1.82, 2.24) is 60.5 Å². The van der Waals surface area contributed by atoms with Gasteiger partial charge in [0.05, 0.1) is 40.1 Å². The summed E-state index contributed by atoms with van der Waals surface area (Å²) in [5, 5.41) is 14.5. The Balaban J connectivity index is 0.000000142. The standard InChI is InChI=1S/C12H17NO2.2C11H21N.C10H13N.C8H14N2O.C6H12N2.C6H13NO2.C6H11NO.C6H11NS.C5H9N/c1-13-5-4-9-6-11(14-2)12(15-3)7-10(9)8-13;1-10(2)8-5-9(12-4)7-11(10,3)6-8;1-11(2)9-5-4-8(7-12-3)10(11)6-9;1-11-10-7-9(10)8-5-3-2-4-6-8;1-6(11)10-5-7-3-8(10)4-9(7)2;1-8-4-5-2-6(8)3-7-5;1-4-9-6(8)5-7(2)3;2*1-7-3-6-2-5(7)4-8-6;1-6-4-2-3-5-6/h6-7H,4-5,8H2,1-3H3;8-9,12H,5-7H2,1-4H3;8-10,12H,4-7H2,1-3H3;2-6,9-11H,7H2,1H3;7-8H,3-5H2,1-2H3;5-7H,2-4H2,1H3;4-5H2,1-3H3;2*5-6H,2-4H2,1H3;2-3H,4-5H2,1H3/t;8?,9-,11-;8?,9-,10-;9-,10?;7-,8-;;;;;/m.0010...../s1. The average molecular weight is 1410 g/mol. The Labute approximate surface area is 612 Å². The molecule has 2 aromatic rings. The number of likely N-dealkylation sites (tertiary alicyclic amines) is 5. The Morgan fingerprint density at radius 3 is 1.79 bits per heavy atom. The van der Waals surface area contributed by atoms with Crippen molar-refractivity contribution in [2.45, 2.75) is 198 Å². The lowest BCUT2D eigenvalue weighted by Gasteiger charge is -2.66. The zero-order valence-corrected chi connectivity index (χ0v) is 67.2. The van der Waals surface area contributed by atoms with Gasteiger partial charge in [-0.15, -0.1) is 0 Å². The largest absolute Gasteiger partial charge is 0.493 e. The molecule has 19 heteroatoms. The third-order valence-corrected chi connectivity index (χ3v) is 27.5.